The summed E-state index contributed by atoms with van der Waals surface area (Å²) in [5.74, 6) is -1.09. The van der Waals surface area contributed by atoms with Crippen LogP contribution in [0.5, 0.6) is 0 Å². The fourth-order valence-corrected chi connectivity index (χ4v) is 2.67. The van der Waals surface area contributed by atoms with Crippen molar-refractivity contribution in [3.8, 4) is 0 Å². The zero-order chi connectivity index (χ0) is 14.5. The molecule has 0 bridgehead atoms. The van der Waals surface area contributed by atoms with Crippen molar-refractivity contribution in [3.63, 3.8) is 0 Å². The van der Waals surface area contributed by atoms with E-state index in [2.05, 4.69) is 5.32 Å². The van der Waals surface area contributed by atoms with Gasteiger partial charge in [0.15, 0.2) is 0 Å². The third kappa shape index (κ3) is 4.23. The van der Waals surface area contributed by atoms with Crippen molar-refractivity contribution in [3.05, 3.63) is 34.9 Å². The predicted octanol–water partition coefficient (Wildman–Crippen LogP) is 2.64. The van der Waals surface area contributed by atoms with Gasteiger partial charge < -0.3 is 10.4 Å². The van der Waals surface area contributed by atoms with Crippen LogP contribution in [0, 0.1) is 5.92 Å². The summed E-state index contributed by atoms with van der Waals surface area (Å²) in [6.45, 7) is 0. The van der Waals surface area contributed by atoms with Crippen LogP contribution >= 0.6 is 11.6 Å². The summed E-state index contributed by atoms with van der Waals surface area (Å²) in [6.07, 6.45) is 3.02. The maximum absolute atomic E-state index is 11.8. The molecule has 1 aromatic rings. The van der Waals surface area contributed by atoms with Gasteiger partial charge in [-0.1, -0.05) is 23.7 Å². The lowest BCUT2D eigenvalue weighted by Gasteiger charge is -2.12. The molecule has 20 heavy (non-hydrogen) atoms. The highest BCUT2D eigenvalue weighted by Gasteiger charge is 2.30. The van der Waals surface area contributed by atoms with Crippen LogP contribution in [-0.2, 0) is 16.0 Å². The summed E-state index contributed by atoms with van der Waals surface area (Å²) in [4.78, 5) is 22.7. The van der Waals surface area contributed by atoms with Gasteiger partial charge in [0, 0.05) is 17.5 Å². The molecule has 0 spiro atoms. The Balaban J connectivity index is 1.73. The Hall–Kier alpha value is -1.55. The SMILES string of the molecule is O=C(CCc1ccc(Cl)cc1)N[C@H]1CC[C@@H](C(=O)O)C1. The molecular formula is C15H18ClNO3. The lowest BCUT2D eigenvalue weighted by atomic mass is 10.1. The number of carboxylic acids is 1. The van der Waals surface area contributed by atoms with Gasteiger partial charge in [0.1, 0.15) is 0 Å². The molecule has 4 nitrogen and oxygen atoms in total. The van der Waals surface area contributed by atoms with Crippen LogP contribution < -0.4 is 5.32 Å². The number of hydrogen-bond donors (Lipinski definition) is 2. The van der Waals surface area contributed by atoms with Crippen molar-refractivity contribution < 1.29 is 14.7 Å². The summed E-state index contributed by atoms with van der Waals surface area (Å²) in [5, 5.41) is 12.5. The number of hydrogen-bond acceptors (Lipinski definition) is 2. The molecule has 0 unspecified atom stereocenters. The van der Waals surface area contributed by atoms with Crippen LogP contribution in [0.25, 0.3) is 0 Å². The third-order valence-electron chi connectivity index (χ3n) is 3.70. The fraction of sp³-hybridized carbons (Fsp3) is 0.467. The van der Waals surface area contributed by atoms with Gasteiger partial charge in [-0.3, -0.25) is 9.59 Å². The second-order valence-electron chi connectivity index (χ2n) is 5.24. The number of aryl methyl sites for hydroxylation is 1. The van der Waals surface area contributed by atoms with Crippen LogP contribution in [-0.4, -0.2) is 23.0 Å². The number of benzene rings is 1. The number of aliphatic carboxylic acids is 1. The molecule has 5 heteroatoms. The van der Waals surface area contributed by atoms with Crippen molar-refractivity contribution in [2.24, 2.45) is 5.92 Å². The van der Waals surface area contributed by atoms with E-state index in [0.717, 1.165) is 12.0 Å². The second-order valence-corrected chi connectivity index (χ2v) is 5.68. The van der Waals surface area contributed by atoms with Crippen LogP contribution in [0.2, 0.25) is 5.02 Å². The number of carbonyl (C=O) groups is 2. The highest BCUT2D eigenvalue weighted by atomic mass is 35.5. The highest BCUT2D eigenvalue weighted by Crippen LogP contribution is 2.25. The first kappa shape index (κ1) is 14.9. The molecule has 0 aromatic heterocycles. The smallest absolute Gasteiger partial charge is 0.306 e. The monoisotopic (exact) mass is 295 g/mol. The fourth-order valence-electron chi connectivity index (χ4n) is 2.55. The molecule has 1 aliphatic rings. The number of halogens is 1. The molecule has 0 heterocycles. The van der Waals surface area contributed by atoms with E-state index in [4.69, 9.17) is 16.7 Å². The molecule has 1 fully saturated rings. The van der Waals surface area contributed by atoms with Gasteiger partial charge in [0.2, 0.25) is 5.91 Å². The minimum absolute atomic E-state index is 0.00816. The van der Waals surface area contributed by atoms with E-state index in [9.17, 15) is 9.59 Å². The van der Waals surface area contributed by atoms with Gasteiger partial charge >= 0.3 is 5.97 Å². The molecule has 0 radical (unpaired) electrons. The van der Waals surface area contributed by atoms with Gasteiger partial charge in [0.25, 0.3) is 0 Å². The van der Waals surface area contributed by atoms with E-state index in [1.807, 2.05) is 24.3 Å². The Morgan fingerprint density at radius 3 is 2.55 bits per heavy atom. The van der Waals surface area contributed by atoms with Crippen molar-refractivity contribution in [1.82, 2.24) is 5.32 Å². The Morgan fingerprint density at radius 2 is 1.95 bits per heavy atom. The van der Waals surface area contributed by atoms with E-state index in [0.29, 0.717) is 30.7 Å². The molecule has 2 rings (SSSR count). The van der Waals surface area contributed by atoms with E-state index < -0.39 is 5.97 Å². The zero-order valence-electron chi connectivity index (χ0n) is 11.1. The normalized spacial score (nSPS) is 21.6. The maximum Gasteiger partial charge on any atom is 0.306 e. The number of carboxylic acid groups (broad SMARTS) is 1. The standard InChI is InChI=1S/C15H18ClNO3/c16-12-5-1-10(2-6-12)3-8-14(18)17-13-7-4-11(9-13)15(19)20/h1-2,5-6,11,13H,3-4,7-9H2,(H,17,18)(H,19,20)/t11-,13+/m1/s1. The predicted molar refractivity (Wildman–Crippen MR) is 76.7 cm³/mol. The van der Waals surface area contributed by atoms with Gasteiger partial charge in [-0.15, -0.1) is 0 Å². The minimum Gasteiger partial charge on any atom is -0.481 e. The van der Waals surface area contributed by atoms with Crippen LogP contribution in [0.3, 0.4) is 0 Å². The zero-order valence-corrected chi connectivity index (χ0v) is 11.9. The number of nitrogens with one attached hydrogen (secondary N) is 1. The first-order chi connectivity index (χ1) is 9.54. The Bertz CT molecular complexity index is 486. The van der Waals surface area contributed by atoms with Crippen molar-refractivity contribution >= 4 is 23.5 Å². The van der Waals surface area contributed by atoms with Crippen LogP contribution in [0.1, 0.15) is 31.2 Å². The molecule has 0 aliphatic heterocycles. The molecular weight excluding hydrogens is 278 g/mol. The molecule has 2 N–H and O–H groups in total. The number of amides is 1. The van der Waals surface area contributed by atoms with Gasteiger partial charge in [-0.25, -0.2) is 0 Å². The van der Waals surface area contributed by atoms with Crippen molar-refractivity contribution in [2.45, 2.75) is 38.1 Å². The molecule has 1 aromatic carbocycles. The second kappa shape index (κ2) is 6.75. The van der Waals surface area contributed by atoms with Gasteiger partial charge in [0.05, 0.1) is 5.92 Å². The lowest BCUT2D eigenvalue weighted by molar-refractivity contribution is -0.141. The van der Waals surface area contributed by atoms with Gasteiger partial charge in [-0.2, -0.15) is 0 Å². The summed E-state index contributed by atoms with van der Waals surface area (Å²) in [5.41, 5.74) is 1.07. The van der Waals surface area contributed by atoms with Crippen molar-refractivity contribution in [1.29, 1.82) is 0 Å². The molecule has 1 saturated carbocycles. The highest BCUT2D eigenvalue weighted by molar-refractivity contribution is 6.30. The summed E-state index contributed by atoms with van der Waals surface area (Å²) in [6, 6.07) is 7.44. The average molecular weight is 296 g/mol. The Morgan fingerprint density at radius 1 is 1.25 bits per heavy atom. The Labute approximate surface area is 123 Å². The number of rotatable bonds is 5. The van der Waals surface area contributed by atoms with Crippen LogP contribution in [0.4, 0.5) is 0 Å². The molecule has 1 amide bonds. The van der Waals surface area contributed by atoms with E-state index in [-0.39, 0.29) is 17.9 Å². The first-order valence-corrected chi connectivity index (χ1v) is 7.19. The van der Waals surface area contributed by atoms with Gasteiger partial charge in [-0.05, 0) is 43.4 Å². The van der Waals surface area contributed by atoms with E-state index in [1.54, 1.807) is 0 Å². The Kier molecular flexibility index (Phi) is 5.01. The quantitative estimate of drug-likeness (QED) is 0.877. The summed E-state index contributed by atoms with van der Waals surface area (Å²) < 4.78 is 0. The lowest BCUT2D eigenvalue weighted by Crippen LogP contribution is -2.33. The van der Waals surface area contributed by atoms with E-state index in [1.165, 1.54) is 0 Å². The van der Waals surface area contributed by atoms with Crippen LogP contribution in [0.15, 0.2) is 24.3 Å². The molecule has 108 valence electrons. The maximum atomic E-state index is 11.8. The topological polar surface area (TPSA) is 66.4 Å². The summed E-state index contributed by atoms with van der Waals surface area (Å²) >= 11 is 5.80. The number of carbonyl (C=O) groups excluding carboxylic acids is 1. The van der Waals surface area contributed by atoms with Crippen molar-refractivity contribution in [2.75, 3.05) is 0 Å². The molecule has 1 aliphatic carbocycles. The largest absolute Gasteiger partial charge is 0.481 e. The minimum atomic E-state index is -0.761. The first-order valence-electron chi connectivity index (χ1n) is 6.81. The van der Waals surface area contributed by atoms with E-state index >= 15 is 0 Å². The third-order valence-corrected chi connectivity index (χ3v) is 3.95. The molecule has 0 saturated heterocycles. The average Bonchev–Trinajstić information content (AvgIpc) is 2.87. The summed E-state index contributed by atoms with van der Waals surface area (Å²) in [7, 11) is 0. The molecule has 2 atom stereocenters.